The SMILES string of the molecule is CCC(CC)(NC(=O)[C@H](CC(C)C)NC(=O)C(CC)(CC)NC(=O)[C@H](CC(C)C)NC(C)=O)C(=O)N[C@H](CO)Cc1ccccc1. The first kappa shape index (κ1) is 40.6. The molecular formula is C35H59N5O6. The second-order valence-corrected chi connectivity index (χ2v) is 13.1. The highest BCUT2D eigenvalue weighted by Crippen LogP contribution is 2.21. The molecule has 46 heavy (non-hydrogen) atoms. The van der Waals surface area contributed by atoms with Crippen molar-refractivity contribution < 1.29 is 29.1 Å². The predicted octanol–water partition coefficient (Wildman–Crippen LogP) is 3.14. The van der Waals surface area contributed by atoms with Crippen LogP contribution in [-0.4, -0.2) is 70.5 Å². The highest BCUT2D eigenvalue weighted by atomic mass is 16.3. The number of rotatable bonds is 20. The summed E-state index contributed by atoms with van der Waals surface area (Å²) in [6.07, 6.45) is 2.21. The van der Waals surface area contributed by atoms with Gasteiger partial charge in [-0.1, -0.05) is 85.7 Å². The molecule has 0 aliphatic rings. The minimum Gasteiger partial charge on any atom is -0.394 e. The molecule has 3 atom stereocenters. The lowest BCUT2D eigenvalue weighted by Crippen LogP contribution is -2.66. The highest BCUT2D eigenvalue weighted by molar-refractivity contribution is 5.98. The van der Waals surface area contributed by atoms with Crippen LogP contribution in [0.3, 0.4) is 0 Å². The maximum absolute atomic E-state index is 13.9. The lowest BCUT2D eigenvalue weighted by Gasteiger charge is -2.37. The first-order chi connectivity index (χ1) is 21.6. The molecule has 1 rings (SSSR count). The van der Waals surface area contributed by atoms with Crippen molar-refractivity contribution >= 4 is 29.5 Å². The number of benzene rings is 1. The van der Waals surface area contributed by atoms with Gasteiger partial charge in [0.05, 0.1) is 12.6 Å². The van der Waals surface area contributed by atoms with E-state index in [1.807, 2.05) is 71.9 Å². The molecule has 11 heteroatoms. The van der Waals surface area contributed by atoms with E-state index in [9.17, 15) is 29.1 Å². The third-order valence-electron chi connectivity index (χ3n) is 8.62. The summed E-state index contributed by atoms with van der Waals surface area (Å²) in [5, 5.41) is 24.3. The fourth-order valence-corrected chi connectivity index (χ4v) is 5.59. The minimum absolute atomic E-state index is 0.0228. The van der Waals surface area contributed by atoms with Crippen molar-refractivity contribution in [3.8, 4) is 0 Å². The molecule has 0 aliphatic carbocycles. The van der Waals surface area contributed by atoms with E-state index in [2.05, 4.69) is 26.6 Å². The molecule has 11 nitrogen and oxygen atoms in total. The lowest BCUT2D eigenvalue weighted by molar-refractivity contribution is -0.139. The second-order valence-electron chi connectivity index (χ2n) is 13.1. The second kappa shape index (κ2) is 19.3. The van der Waals surface area contributed by atoms with Gasteiger partial charge in [-0.05, 0) is 62.3 Å². The summed E-state index contributed by atoms with van der Waals surface area (Å²) in [6.45, 7) is 16.0. The van der Waals surface area contributed by atoms with E-state index >= 15 is 0 Å². The summed E-state index contributed by atoms with van der Waals surface area (Å²) >= 11 is 0. The quantitative estimate of drug-likeness (QED) is 0.128. The molecule has 0 spiro atoms. The Balaban J connectivity index is 3.25. The van der Waals surface area contributed by atoms with Crippen LogP contribution in [0.15, 0.2) is 30.3 Å². The largest absolute Gasteiger partial charge is 0.394 e. The Kier molecular flexibility index (Phi) is 17.0. The highest BCUT2D eigenvalue weighted by Gasteiger charge is 2.42. The van der Waals surface area contributed by atoms with E-state index in [0.717, 1.165) is 5.56 Å². The van der Waals surface area contributed by atoms with E-state index in [1.165, 1.54) is 6.92 Å². The molecule has 0 aromatic heterocycles. The summed E-state index contributed by atoms with van der Waals surface area (Å²) in [5.74, 6) is -2.09. The minimum atomic E-state index is -1.32. The fraction of sp³-hybridized carbons (Fsp3) is 0.686. The average Bonchev–Trinajstić information content (AvgIpc) is 3.01. The Morgan fingerprint density at radius 2 is 1.09 bits per heavy atom. The monoisotopic (exact) mass is 645 g/mol. The number of hydrogen-bond acceptors (Lipinski definition) is 6. The van der Waals surface area contributed by atoms with Crippen molar-refractivity contribution in [2.24, 2.45) is 11.8 Å². The number of nitrogens with one attached hydrogen (secondary N) is 5. The zero-order valence-corrected chi connectivity index (χ0v) is 29.4. The van der Waals surface area contributed by atoms with Crippen LogP contribution in [0.25, 0.3) is 0 Å². The molecule has 1 aromatic rings. The number of carbonyl (C=O) groups is 5. The predicted molar refractivity (Wildman–Crippen MR) is 181 cm³/mol. The average molecular weight is 646 g/mol. The van der Waals surface area contributed by atoms with Crippen LogP contribution in [-0.2, 0) is 30.4 Å². The first-order valence-electron chi connectivity index (χ1n) is 16.8. The van der Waals surface area contributed by atoms with Crippen molar-refractivity contribution in [2.75, 3.05) is 6.61 Å². The van der Waals surface area contributed by atoms with Gasteiger partial charge in [0.1, 0.15) is 23.2 Å². The number of aliphatic hydroxyl groups is 1. The smallest absolute Gasteiger partial charge is 0.246 e. The van der Waals surface area contributed by atoms with E-state index in [-0.39, 0.29) is 50.0 Å². The van der Waals surface area contributed by atoms with Crippen molar-refractivity contribution in [3.63, 3.8) is 0 Å². The third kappa shape index (κ3) is 12.0. The van der Waals surface area contributed by atoms with Crippen LogP contribution in [0.1, 0.15) is 106 Å². The molecule has 0 radical (unpaired) electrons. The van der Waals surface area contributed by atoms with E-state index < -0.39 is 52.8 Å². The number of amides is 5. The molecule has 260 valence electrons. The summed E-state index contributed by atoms with van der Waals surface area (Å²) in [5.41, 5.74) is -1.64. The van der Waals surface area contributed by atoms with Crippen molar-refractivity contribution in [3.05, 3.63) is 35.9 Å². The van der Waals surface area contributed by atoms with Crippen molar-refractivity contribution in [2.45, 2.75) is 136 Å². The number of aliphatic hydroxyl groups excluding tert-OH is 1. The van der Waals surface area contributed by atoms with E-state index in [4.69, 9.17) is 0 Å². The van der Waals surface area contributed by atoms with Gasteiger partial charge in [0.2, 0.25) is 29.5 Å². The van der Waals surface area contributed by atoms with Gasteiger partial charge in [0, 0.05) is 6.92 Å². The molecule has 0 heterocycles. The van der Waals surface area contributed by atoms with Gasteiger partial charge < -0.3 is 31.7 Å². The molecular weight excluding hydrogens is 586 g/mol. The molecule has 0 aliphatic heterocycles. The molecule has 6 N–H and O–H groups in total. The van der Waals surface area contributed by atoms with Gasteiger partial charge in [0.25, 0.3) is 0 Å². The van der Waals surface area contributed by atoms with E-state index in [0.29, 0.717) is 19.3 Å². The van der Waals surface area contributed by atoms with Crippen molar-refractivity contribution in [1.29, 1.82) is 0 Å². The summed E-state index contributed by atoms with van der Waals surface area (Å²) < 4.78 is 0. The Morgan fingerprint density at radius 3 is 1.46 bits per heavy atom. The van der Waals surface area contributed by atoms with Crippen LogP contribution in [0.5, 0.6) is 0 Å². The Morgan fingerprint density at radius 1 is 0.674 bits per heavy atom. The van der Waals surface area contributed by atoms with Crippen LogP contribution >= 0.6 is 0 Å². The number of hydrogen-bond donors (Lipinski definition) is 6. The van der Waals surface area contributed by atoms with Crippen molar-refractivity contribution in [1.82, 2.24) is 26.6 Å². The summed E-state index contributed by atoms with van der Waals surface area (Å²) in [6, 6.07) is 7.17. The molecule has 1 aromatic carbocycles. The van der Waals surface area contributed by atoms with Gasteiger partial charge in [-0.25, -0.2) is 0 Å². The third-order valence-corrected chi connectivity index (χ3v) is 8.62. The molecule has 0 bridgehead atoms. The molecule has 0 unspecified atom stereocenters. The molecule has 0 fully saturated rings. The van der Waals surface area contributed by atoms with E-state index in [1.54, 1.807) is 13.8 Å². The van der Waals surface area contributed by atoms with Gasteiger partial charge in [-0.3, -0.25) is 24.0 Å². The van der Waals surface area contributed by atoms with Crippen LogP contribution in [0.4, 0.5) is 0 Å². The number of carbonyl (C=O) groups excluding carboxylic acids is 5. The molecule has 5 amide bonds. The van der Waals surface area contributed by atoms with Crippen LogP contribution in [0.2, 0.25) is 0 Å². The van der Waals surface area contributed by atoms with Gasteiger partial charge in [-0.15, -0.1) is 0 Å². The Bertz CT molecular complexity index is 1130. The summed E-state index contributed by atoms with van der Waals surface area (Å²) in [7, 11) is 0. The standard InChI is InChI=1S/C35H59N5O6/c1-10-34(11-2,32(45)37-27(22-41)21-26-17-15-14-16-18-26)40-31(44)29(20-24(7)8)38-33(46)35(12-3,13-4)39-30(43)28(19-23(5)6)36-25(9)42/h14-18,23-24,27-29,41H,10-13,19-22H2,1-9H3,(H,36,42)(H,37,45)(H,38,46)(H,39,43)(H,40,44)/t27-,28-,29-/m0/s1. The molecule has 0 saturated carbocycles. The van der Waals surface area contributed by atoms with Gasteiger partial charge in [0.15, 0.2) is 0 Å². The fourth-order valence-electron chi connectivity index (χ4n) is 5.59. The topological polar surface area (TPSA) is 166 Å². The zero-order chi connectivity index (χ0) is 35.1. The normalized spacial score (nSPS) is 13.8. The van der Waals surface area contributed by atoms with Crippen LogP contribution < -0.4 is 26.6 Å². The first-order valence-corrected chi connectivity index (χ1v) is 16.8. The molecule has 0 saturated heterocycles. The maximum Gasteiger partial charge on any atom is 0.246 e. The van der Waals surface area contributed by atoms with Crippen LogP contribution in [0, 0.1) is 11.8 Å². The maximum atomic E-state index is 13.9. The summed E-state index contributed by atoms with van der Waals surface area (Å²) in [4.78, 5) is 66.7. The Hall–Kier alpha value is -3.47. The zero-order valence-electron chi connectivity index (χ0n) is 29.4. The Labute approximate surface area is 275 Å². The van der Waals surface area contributed by atoms with Gasteiger partial charge >= 0.3 is 0 Å². The lowest BCUT2D eigenvalue weighted by atomic mass is 9.88. The van der Waals surface area contributed by atoms with Gasteiger partial charge in [-0.2, -0.15) is 0 Å².